The first-order valence-corrected chi connectivity index (χ1v) is 44.9. The molecule has 0 unspecified atom stereocenters. The molecule has 1 aliphatic heterocycles. The fraction of sp³-hybridized carbons (Fsp3) is 0.0625. The smallest absolute Gasteiger partial charge is 0.399 e. The Kier molecular flexibility index (Phi) is 20.3. The molecule has 0 amide bonds. The number of fused-ring (bicyclic) bond motifs is 9. The van der Waals surface area contributed by atoms with Gasteiger partial charge >= 0.3 is 7.12 Å². The van der Waals surface area contributed by atoms with Crippen LogP contribution in [0.15, 0.2) is 412 Å². The molecule has 13 nitrogen and oxygen atoms in total. The van der Waals surface area contributed by atoms with Gasteiger partial charge in [-0.25, -0.2) is 33.7 Å². The highest BCUT2D eigenvalue weighted by Gasteiger charge is 2.52. The van der Waals surface area contributed by atoms with Crippen molar-refractivity contribution in [2.24, 2.45) is 0 Å². The highest BCUT2D eigenvalue weighted by Crippen LogP contribution is 2.42. The third kappa shape index (κ3) is 14.3. The molecule has 1 fully saturated rings. The molecule has 0 atom stereocenters. The van der Waals surface area contributed by atoms with Gasteiger partial charge in [0.1, 0.15) is 0 Å². The van der Waals surface area contributed by atoms with Gasteiger partial charge in [0, 0.05) is 58.3 Å². The first-order valence-electron chi connectivity index (χ1n) is 37.4. The predicted molar refractivity (Wildman–Crippen MR) is 472 cm³/mol. The van der Waals surface area contributed by atoms with E-state index in [1.807, 2.05) is 66.7 Å². The minimum atomic E-state index is -4.06. The van der Waals surface area contributed by atoms with Crippen LogP contribution in [0.4, 0.5) is 0 Å². The summed E-state index contributed by atoms with van der Waals surface area (Å²) in [5, 5.41) is 6.89. The molecule has 116 heavy (non-hydrogen) atoms. The molecule has 0 radical (unpaired) electrons. The molecule has 0 aliphatic carbocycles. The van der Waals surface area contributed by atoms with Crippen molar-refractivity contribution >= 4 is 149 Å². The van der Waals surface area contributed by atoms with Gasteiger partial charge in [0.15, 0.2) is 0 Å². The summed E-state index contributed by atoms with van der Waals surface area (Å²) in [4.78, 5) is 0.00689. The first kappa shape index (κ1) is 77.0. The summed E-state index contributed by atoms with van der Waals surface area (Å²) >= 11 is 6.52. The van der Waals surface area contributed by atoms with Gasteiger partial charge in [-0.15, -0.1) is 0 Å². The molecule has 19 rings (SSSR count). The lowest BCUT2D eigenvalue weighted by Gasteiger charge is -2.32. The summed E-state index contributed by atoms with van der Waals surface area (Å²) in [6.07, 6.45) is 0. The van der Waals surface area contributed by atoms with Crippen molar-refractivity contribution in [2.75, 3.05) is 0 Å². The van der Waals surface area contributed by atoms with E-state index in [2.05, 4.69) is 225 Å². The normalized spacial score (nSPS) is 13.6. The standard InChI is InChI=1S/C54H36N2O4S2.C24H24BNO2.C18H12Br2O4S2/c57-61(58,43-28-22-37(23-29-43)39-26-32-53-49(34-39)47-18-7-9-20-51(47)55(53)41-12-3-1-4-13-41)45-16-11-17-46(36-45)62(59,60)44-30-24-38(25-31-44)40-27-33-54-50(35-40)48-19-8-10-21-52(48)56(54)42-14-5-2-6-15-42;1-23(2)24(3,4)28-25(27-23)17-14-15-22-20(16-17)19-12-8-9-13-21(19)26(22)18-10-6-5-7-11-18;19-13-4-8-15(9-5-13)25(21,22)17-2-1-3-18(12-17)26(23,24)16-10-6-14(20)7-11-16/h1-36H;5-16H,1-4H3;1-12H. The summed E-state index contributed by atoms with van der Waals surface area (Å²) in [5.41, 5.74) is 14.1. The molecule has 0 spiro atoms. The van der Waals surface area contributed by atoms with E-state index in [1.165, 1.54) is 94.6 Å². The van der Waals surface area contributed by atoms with Crippen molar-refractivity contribution in [3.05, 3.63) is 373 Å². The van der Waals surface area contributed by atoms with Crippen molar-refractivity contribution in [1.82, 2.24) is 13.7 Å². The van der Waals surface area contributed by atoms with E-state index < -0.39 is 39.3 Å². The number of para-hydroxylation sites is 6. The van der Waals surface area contributed by atoms with Gasteiger partial charge in [-0.05, 0) is 250 Å². The summed E-state index contributed by atoms with van der Waals surface area (Å²) in [7, 11) is -16.1. The zero-order valence-electron chi connectivity index (χ0n) is 63.0. The van der Waals surface area contributed by atoms with Crippen LogP contribution in [0.5, 0.6) is 0 Å². The van der Waals surface area contributed by atoms with Crippen LogP contribution in [0.2, 0.25) is 0 Å². The van der Waals surface area contributed by atoms with Crippen LogP contribution < -0.4 is 5.46 Å². The van der Waals surface area contributed by atoms with Gasteiger partial charge in [0.25, 0.3) is 0 Å². The molecule has 20 heteroatoms. The van der Waals surface area contributed by atoms with Gasteiger partial charge in [0.2, 0.25) is 39.3 Å². The van der Waals surface area contributed by atoms with E-state index >= 15 is 0 Å². The second-order valence-electron chi connectivity index (χ2n) is 29.3. The van der Waals surface area contributed by atoms with Gasteiger partial charge in [-0.2, -0.15) is 0 Å². The number of rotatable bonds is 14. The maximum absolute atomic E-state index is 14.0. The lowest BCUT2D eigenvalue weighted by atomic mass is 9.78. The number of aromatic nitrogens is 3. The van der Waals surface area contributed by atoms with E-state index in [4.69, 9.17) is 9.31 Å². The van der Waals surface area contributed by atoms with Crippen molar-refractivity contribution < 1.29 is 43.0 Å². The van der Waals surface area contributed by atoms with Gasteiger partial charge in [-0.1, -0.05) is 202 Å². The lowest BCUT2D eigenvalue weighted by Crippen LogP contribution is -2.41. The van der Waals surface area contributed by atoms with E-state index in [1.54, 1.807) is 72.8 Å². The molecule has 15 aromatic carbocycles. The average Bonchev–Trinajstić information content (AvgIpc) is 1.58. The molecular weight excluding hydrogens is 1650 g/mol. The molecule has 572 valence electrons. The highest BCUT2D eigenvalue weighted by atomic mass is 79.9. The summed E-state index contributed by atoms with van der Waals surface area (Å²) in [6, 6.07) is 112. The Morgan fingerprint density at radius 2 is 0.500 bits per heavy atom. The Balaban J connectivity index is 0.000000147. The Labute approximate surface area is 690 Å². The first-order chi connectivity index (χ1) is 55.8. The van der Waals surface area contributed by atoms with Crippen LogP contribution >= 0.6 is 31.9 Å². The molecule has 1 aliphatic rings. The summed E-state index contributed by atoms with van der Waals surface area (Å²) in [6.45, 7) is 8.36. The zero-order valence-corrected chi connectivity index (χ0v) is 69.5. The number of hydrogen-bond acceptors (Lipinski definition) is 10. The van der Waals surface area contributed by atoms with Crippen LogP contribution in [-0.4, -0.2) is 65.7 Å². The number of nitrogens with zero attached hydrogens (tertiary/aromatic N) is 3. The summed E-state index contributed by atoms with van der Waals surface area (Å²) < 4.78 is 128. The van der Waals surface area contributed by atoms with Gasteiger partial charge in [0.05, 0.1) is 83.5 Å². The quantitative estimate of drug-likeness (QED) is 0.0955. The maximum Gasteiger partial charge on any atom is 0.494 e. The SMILES string of the molecule is CC1(C)OB(c2ccc3c(c2)c2ccccc2n3-c2ccccc2)OC1(C)C.O=S(=O)(c1ccc(-c2ccc3c(c2)c2ccccc2n3-c2ccccc2)cc1)c1cccc(S(=O)(=O)c2ccc(-c3ccc4c(c3)c3ccccc3n4-c3ccccc3)cc2)c1.O=S(=O)(c1ccc(Br)cc1)c1cccc(S(=O)(=O)c2ccc(Br)cc2)c1. The second-order valence-corrected chi connectivity index (χ2v) is 38.9. The van der Waals surface area contributed by atoms with Gasteiger partial charge in [-0.3, -0.25) is 0 Å². The minimum absolute atomic E-state index is 0.0713. The Bertz CT molecular complexity index is 6980. The lowest BCUT2D eigenvalue weighted by molar-refractivity contribution is 0.00578. The Morgan fingerprint density at radius 3 is 0.819 bits per heavy atom. The molecule has 0 N–H and O–H groups in total. The Hall–Kier alpha value is -11.6. The molecular formula is C96H72BBr2N3O10S4. The second kappa shape index (κ2) is 30.6. The maximum atomic E-state index is 14.0. The van der Waals surface area contributed by atoms with Crippen LogP contribution in [0.25, 0.3) is 105 Å². The average molecular weight is 1730 g/mol. The molecule has 3 aromatic heterocycles. The number of sulfone groups is 4. The molecule has 0 bridgehead atoms. The largest absolute Gasteiger partial charge is 0.494 e. The zero-order chi connectivity index (χ0) is 80.5. The van der Waals surface area contributed by atoms with E-state index in [0.717, 1.165) is 97.3 Å². The van der Waals surface area contributed by atoms with Crippen LogP contribution in [0, 0.1) is 0 Å². The van der Waals surface area contributed by atoms with Crippen molar-refractivity contribution in [1.29, 1.82) is 0 Å². The van der Waals surface area contributed by atoms with E-state index in [9.17, 15) is 33.7 Å². The van der Waals surface area contributed by atoms with E-state index in [-0.39, 0.29) is 57.5 Å². The third-order valence-corrected chi connectivity index (χ3v) is 29.8. The van der Waals surface area contributed by atoms with Crippen molar-refractivity contribution in [2.45, 2.75) is 78.1 Å². The van der Waals surface area contributed by atoms with Crippen LogP contribution in [-0.2, 0) is 48.7 Å². The molecule has 1 saturated heterocycles. The number of halogens is 2. The monoisotopic (exact) mass is 1720 g/mol. The van der Waals surface area contributed by atoms with Crippen LogP contribution in [0.1, 0.15) is 27.7 Å². The summed E-state index contributed by atoms with van der Waals surface area (Å²) in [5.74, 6) is 0. The minimum Gasteiger partial charge on any atom is -0.399 e. The van der Waals surface area contributed by atoms with E-state index in [0.29, 0.717) is 0 Å². The molecule has 0 saturated carbocycles. The molecule has 4 heterocycles. The molecule has 18 aromatic rings. The van der Waals surface area contributed by atoms with Crippen LogP contribution in [0.3, 0.4) is 0 Å². The number of benzene rings is 15. The Morgan fingerprint density at radius 1 is 0.241 bits per heavy atom. The number of hydrogen-bond donors (Lipinski definition) is 0. The topological polar surface area (TPSA) is 170 Å². The highest BCUT2D eigenvalue weighted by molar-refractivity contribution is 9.10. The third-order valence-electron chi connectivity index (χ3n) is 21.7. The fourth-order valence-electron chi connectivity index (χ4n) is 15.0. The van der Waals surface area contributed by atoms with Crippen molar-refractivity contribution in [3.8, 4) is 39.3 Å². The van der Waals surface area contributed by atoms with Gasteiger partial charge < -0.3 is 23.0 Å². The fourth-order valence-corrected chi connectivity index (χ4v) is 20.9. The van der Waals surface area contributed by atoms with Crippen molar-refractivity contribution in [3.63, 3.8) is 0 Å². The predicted octanol–water partition coefficient (Wildman–Crippen LogP) is 22.8.